The molecule has 1 spiro atoms. The van der Waals surface area contributed by atoms with Gasteiger partial charge in [-0.25, -0.2) is 8.78 Å². The van der Waals surface area contributed by atoms with Crippen molar-refractivity contribution in [3.8, 4) is 11.1 Å². The van der Waals surface area contributed by atoms with Gasteiger partial charge in [-0.05, 0) is 41.8 Å². The van der Waals surface area contributed by atoms with Crippen LogP contribution in [0.1, 0.15) is 23.6 Å². The minimum atomic E-state index is -4.77. The Morgan fingerprint density at radius 3 is 2.45 bits per heavy atom. The first-order valence-electron chi connectivity index (χ1n) is 12.2. The molecule has 1 aliphatic carbocycles. The number of fused-ring (bicyclic) bond motifs is 2. The fourth-order valence-electron chi connectivity index (χ4n) is 4.97. The maximum atomic E-state index is 13.6. The molecule has 0 saturated carbocycles. The van der Waals surface area contributed by atoms with Gasteiger partial charge in [0, 0.05) is 30.3 Å². The molecule has 1 saturated heterocycles. The zero-order valence-electron chi connectivity index (χ0n) is 21.0. The van der Waals surface area contributed by atoms with Crippen LogP contribution >= 0.6 is 0 Å². The first-order chi connectivity index (χ1) is 18.9. The van der Waals surface area contributed by atoms with Crippen LogP contribution in [-0.4, -0.2) is 57.9 Å². The molecule has 2 atom stereocenters. The Hall–Kier alpha value is -4.19. The Bertz CT molecular complexity index is 1490. The van der Waals surface area contributed by atoms with Crippen molar-refractivity contribution in [2.45, 2.75) is 37.7 Å². The van der Waals surface area contributed by atoms with Gasteiger partial charge in [-0.1, -0.05) is 30.3 Å². The molecule has 2 aromatic carbocycles. The van der Waals surface area contributed by atoms with Gasteiger partial charge in [0.05, 0.1) is 6.20 Å². The fraction of sp³-hybridized carbons (Fsp3) is 0.286. The molecular weight excluding hydrogens is 537 g/mol. The summed E-state index contributed by atoms with van der Waals surface area (Å²) in [6.45, 7) is -0.922. The summed E-state index contributed by atoms with van der Waals surface area (Å²) in [5.74, 6) is -3.59. The van der Waals surface area contributed by atoms with Gasteiger partial charge < -0.3 is 14.5 Å². The van der Waals surface area contributed by atoms with Gasteiger partial charge in [0.15, 0.2) is 5.78 Å². The van der Waals surface area contributed by atoms with E-state index in [0.717, 1.165) is 30.2 Å². The number of alkyl halides is 3. The number of carbonyl (C=O) groups excluding carboxylic acids is 3. The monoisotopic (exact) mass is 559 g/mol. The van der Waals surface area contributed by atoms with E-state index in [1.54, 1.807) is 12.1 Å². The normalized spacial score (nSPS) is 19.3. The quantitative estimate of drug-likeness (QED) is 0.335. The number of benzene rings is 2. The molecule has 1 aliphatic heterocycles. The van der Waals surface area contributed by atoms with Crippen molar-refractivity contribution >= 4 is 17.6 Å². The third-order valence-corrected chi connectivity index (χ3v) is 7.15. The highest BCUT2D eigenvalue weighted by Gasteiger charge is 2.59. The Balaban J connectivity index is 1.38. The molecule has 0 N–H and O–H groups in total. The second-order valence-corrected chi connectivity index (χ2v) is 9.69. The molecule has 5 rings (SSSR count). The van der Waals surface area contributed by atoms with Crippen LogP contribution in [0.15, 0.2) is 60.9 Å². The van der Waals surface area contributed by atoms with Crippen molar-refractivity contribution in [3.05, 3.63) is 89.2 Å². The standard InChI is InChI=1S/C28H22F5N3O4/c1-16(28(31,32)33)36(13-17-2-5-21(29)6-3-17)25(38)14-35-15-40-27(26(35)39)23-7-4-18(8-19(23)10-24(27)37)20-9-22(30)12-34-11-20/h2-9,11-12,16H,10,13-15H2,1H3/t16-,27+/m0/s1. The van der Waals surface area contributed by atoms with Gasteiger partial charge >= 0.3 is 6.18 Å². The van der Waals surface area contributed by atoms with Crippen LogP contribution < -0.4 is 0 Å². The first kappa shape index (κ1) is 27.4. The van der Waals surface area contributed by atoms with E-state index in [9.17, 15) is 36.3 Å². The Labute approximate surface area is 225 Å². The molecule has 1 fully saturated rings. The molecule has 0 bridgehead atoms. The van der Waals surface area contributed by atoms with Crippen molar-refractivity contribution in [2.75, 3.05) is 13.3 Å². The predicted molar refractivity (Wildman–Crippen MR) is 130 cm³/mol. The summed E-state index contributed by atoms with van der Waals surface area (Å²) in [4.78, 5) is 45.0. The lowest BCUT2D eigenvalue weighted by Gasteiger charge is -2.32. The number of ether oxygens (including phenoxy) is 1. The van der Waals surface area contributed by atoms with E-state index >= 15 is 0 Å². The maximum Gasteiger partial charge on any atom is 0.408 e. The number of ketones is 1. The van der Waals surface area contributed by atoms with Crippen LogP contribution in [0.4, 0.5) is 22.0 Å². The SMILES string of the molecule is C[C@H](N(Cc1ccc(F)cc1)C(=O)CN1CO[C@]2(C(=O)Cc3cc(-c4cncc(F)c4)ccc32)C1=O)C(F)(F)F. The van der Waals surface area contributed by atoms with Gasteiger partial charge in [-0.3, -0.25) is 19.4 Å². The zero-order valence-corrected chi connectivity index (χ0v) is 21.0. The van der Waals surface area contributed by atoms with Crippen LogP contribution in [0, 0.1) is 11.6 Å². The summed E-state index contributed by atoms with van der Waals surface area (Å²) in [6.07, 6.45) is -2.44. The Kier molecular flexibility index (Phi) is 6.90. The second kappa shape index (κ2) is 10.1. The van der Waals surface area contributed by atoms with Crippen molar-refractivity contribution in [2.24, 2.45) is 0 Å². The summed E-state index contributed by atoms with van der Waals surface area (Å²) in [5, 5.41) is 0. The van der Waals surface area contributed by atoms with E-state index in [1.165, 1.54) is 30.5 Å². The predicted octanol–water partition coefficient (Wildman–Crippen LogP) is 4.14. The van der Waals surface area contributed by atoms with Crippen molar-refractivity contribution in [1.82, 2.24) is 14.8 Å². The van der Waals surface area contributed by atoms with E-state index in [-0.39, 0.29) is 17.5 Å². The highest BCUT2D eigenvalue weighted by Crippen LogP contribution is 2.43. The van der Waals surface area contributed by atoms with Crippen LogP contribution in [0.5, 0.6) is 0 Å². The lowest BCUT2D eigenvalue weighted by atomic mass is 9.92. The van der Waals surface area contributed by atoms with E-state index in [4.69, 9.17) is 4.74 Å². The number of amides is 2. The molecule has 40 heavy (non-hydrogen) atoms. The third kappa shape index (κ3) is 4.83. The summed E-state index contributed by atoms with van der Waals surface area (Å²) in [6, 6.07) is 8.44. The molecule has 7 nitrogen and oxygen atoms in total. The third-order valence-electron chi connectivity index (χ3n) is 7.15. The number of aromatic nitrogens is 1. The highest BCUT2D eigenvalue weighted by molar-refractivity contribution is 6.15. The number of Topliss-reactive ketones (excluding diaryl/α,β-unsaturated/α-hetero) is 1. The number of nitrogens with zero attached hydrogens (tertiary/aromatic N) is 3. The molecule has 1 aromatic heterocycles. The molecule has 2 aliphatic rings. The average molecular weight is 559 g/mol. The van der Waals surface area contributed by atoms with Gasteiger partial charge in [-0.2, -0.15) is 13.2 Å². The van der Waals surface area contributed by atoms with E-state index < -0.39 is 66.9 Å². The minimum absolute atomic E-state index is 0.165. The molecule has 12 heteroatoms. The van der Waals surface area contributed by atoms with E-state index in [2.05, 4.69) is 4.98 Å². The molecular formula is C28H22F5N3O4. The van der Waals surface area contributed by atoms with E-state index in [1.807, 2.05) is 0 Å². The van der Waals surface area contributed by atoms with Crippen LogP contribution in [0.2, 0.25) is 0 Å². The van der Waals surface area contributed by atoms with Gasteiger partial charge in [0.25, 0.3) is 5.91 Å². The number of rotatable bonds is 6. The van der Waals surface area contributed by atoms with Crippen molar-refractivity contribution in [3.63, 3.8) is 0 Å². The minimum Gasteiger partial charge on any atom is -0.332 e. The number of carbonyl (C=O) groups is 3. The van der Waals surface area contributed by atoms with Crippen molar-refractivity contribution < 1.29 is 41.1 Å². The maximum absolute atomic E-state index is 13.6. The smallest absolute Gasteiger partial charge is 0.332 e. The number of pyridine rings is 1. The molecule has 0 radical (unpaired) electrons. The largest absolute Gasteiger partial charge is 0.408 e. The Morgan fingerprint density at radius 2 is 1.77 bits per heavy atom. The van der Waals surface area contributed by atoms with Crippen LogP contribution in [0.3, 0.4) is 0 Å². The van der Waals surface area contributed by atoms with Crippen LogP contribution in [0.25, 0.3) is 11.1 Å². The number of hydrogen-bond donors (Lipinski definition) is 0. The molecule has 3 aromatic rings. The highest BCUT2D eigenvalue weighted by atomic mass is 19.4. The summed E-state index contributed by atoms with van der Waals surface area (Å²) < 4.78 is 73.5. The van der Waals surface area contributed by atoms with Gasteiger partial charge in [0.1, 0.15) is 31.0 Å². The first-order valence-corrected chi connectivity index (χ1v) is 12.2. The lowest BCUT2D eigenvalue weighted by Crippen LogP contribution is -2.51. The molecule has 2 heterocycles. The summed E-state index contributed by atoms with van der Waals surface area (Å²) >= 11 is 0. The zero-order chi connectivity index (χ0) is 28.8. The lowest BCUT2D eigenvalue weighted by molar-refractivity contribution is -0.187. The molecule has 208 valence electrons. The topological polar surface area (TPSA) is 79.8 Å². The summed E-state index contributed by atoms with van der Waals surface area (Å²) in [5.41, 5.74) is -0.0104. The van der Waals surface area contributed by atoms with Gasteiger partial charge in [-0.15, -0.1) is 0 Å². The fourth-order valence-corrected chi connectivity index (χ4v) is 4.97. The number of hydrogen-bond acceptors (Lipinski definition) is 5. The Morgan fingerprint density at radius 1 is 1.05 bits per heavy atom. The average Bonchev–Trinajstić information content (AvgIpc) is 3.38. The molecule has 0 unspecified atom stereocenters. The van der Waals surface area contributed by atoms with Gasteiger partial charge in [0.2, 0.25) is 11.5 Å². The van der Waals surface area contributed by atoms with Crippen molar-refractivity contribution in [1.29, 1.82) is 0 Å². The summed E-state index contributed by atoms with van der Waals surface area (Å²) in [7, 11) is 0. The van der Waals surface area contributed by atoms with Crippen LogP contribution in [-0.2, 0) is 37.7 Å². The molecule has 2 amide bonds. The second-order valence-electron chi connectivity index (χ2n) is 9.69. The number of halogens is 5. The van der Waals surface area contributed by atoms with E-state index in [0.29, 0.717) is 21.6 Å².